The van der Waals surface area contributed by atoms with Crippen LogP contribution < -0.4 is 0 Å². The summed E-state index contributed by atoms with van der Waals surface area (Å²) in [4.78, 5) is 1.31. The summed E-state index contributed by atoms with van der Waals surface area (Å²) in [5.74, 6) is 0.978. The Morgan fingerprint density at radius 3 is 2.67 bits per heavy atom. The van der Waals surface area contributed by atoms with Crippen LogP contribution in [0.2, 0.25) is 0 Å². The van der Waals surface area contributed by atoms with Crippen LogP contribution in [0, 0.1) is 13.8 Å². The number of rotatable bonds is 1. The molecule has 1 nitrogen and oxygen atoms in total. The highest BCUT2D eigenvalue weighted by atomic mass is 32.1. The standard InChI is InChI=1S/C10H10OS/c1-7-5-10(11-6-7)9-3-4-12-8(9)2/h3-6H,1-2H3. The van der Waals surface area contributed by atoms with Crippen LogP contribution in [0.15, 0.2) is 28.2 Å². The Hall–Kier alpha value is -1.02. The third kappa shape index (κ3) is 1.18. The van der Waals surface area contributed by atoms with E-state index in [1.54, 1.807) is 17.6 Å². The molecule has 0 aliphatic rings. The molecule has 12 heavy (non-hydrogen) atoms. The molecule has 0 bridgehead atoms. The first kappa shape index (κ1) is 7.62. The van der Waals surface area contributed by atoms with Gasteiger partial charge in [-0.15, -0.1) is 11.3 Å². The maximum Gasteiger partial charge on any atom is 0.135 e. The van der Waals surface area contributed by atoms with E-state index in [9.17, 15) is 0 Å². The lowest BCUT2D eigenvalue weighted by Gasteiger charge is -1.91. The quantitative estimate of drug-likeness (QED) is 0.650. The molecule has 0 aliphatic carbocycles. The summed E-state index contributed by atoms with van der Waals surface area (Å²) in [5, 5.41) is 2.09. The molecule has 2 heterocycles. The Morgan fingerprint density at radius 2 is 2.17 bits per heavy atom. The van der Waals surface area contributed by atoms with Crippen molar-refractivity contribution in [2.75, 3.05) is 0 Å². The smallest absolute Gasteiger partial charge is 0.135 e. The van der Waals surface area contributed by atoms with Crippen molar-refractivity contribution in [1.82, 2.24) is 0 Å². The second-order valence-corrected chi connectivity index (χ2v) is 4.00. The fourth-order valence-corrected chi connectivity index (χ4v) is 1.92. The molecule has 0 aliphatic heterocycles. The van der Waals surface area contributed by atoms with Gasteiger partial charge in [0.25, 0.3) is 0 Å². The fourth-order valence-electron chi connectivity index (χ4n) is 1.21. The monoisotopic (exact) mass is 178 g/mol. The molecule has 0 radical (unpaired) electrons. The van der Waals surface area contributed by atoms with Crippen molar-refractivity contribution >= 4 is 11.3 Å². The molecular formula is C10H10OS. The van der Waals surface area contributed by atoms with Gasteiger partial charge in [-0.1, -0.05) is 0 Å². The third-order valence-corrected chi connectivity index (χ3v) is 2.70. The zero-order chi connectivity index (χ0) is 8.55. The molecule has 2 rings (SSSR count). The first-order valence-electron chi connectivity index (χ1n) is 3.87. The Balaban J connectivity index is 2.50. The summed E-state index contributed by atoms with van der Waals surface area (Å²) in [6.07, 6.45) is 1.78. The molecule has 0 spiro atoms. The summed E-state index contributed by atoms with van der Waals surface area (Å²) in [6.45, 7) is 4.15. The summed E-state index contributed by atoms with van der Waals surface area (Å²) in [6, 6.07) is 4.16. The van der Waals surface area contributed by atoms with Crippen LogP contribution in [0.4, 0.5) is 0 Å². The van der Waals surface area contributed by atoms with Crippen LogP contribution in [0.3, 0.4) is 0 Å². The highest BCUT2D eigenvalue weighted by Crippen LogP contribution is 2.28. The van der Waals surface area contributed by atoms with E-state index in [2.05, 4.69) is 24.4 Å². The normalized spacial score (nSPS) is 10.5. The van der Waals surface area contributed by atoms with Gasteiger partial charge < -0.3 is 4.42 Å². The highest BCUT2D eigenvalue weighted by molar-refractivity contribution is 7.10. The van der Waals surface area contributed by atoms with Crippen molar-refractivity contribution in [1.29, 1.82) is 0 Å². The molecule has 0 aromatic carbocycles. The van der Waals surface area contributed by atoms with Crippen LogP contribution in [-0.4, -0.2) is 0 Å². The van der Waals surface area contributed by atoms with Crippen LogP contribution in [0.1, 0.15) is 10.4 Å². The van der Waals surface area contributed by atoms with E-state index in [-0.39, 0.29) is 0 Å². The molecule has 0 saturated carbocycles. The van der Waals surface area contributed by atoms with E-state index in [0.717, 1.165) is 5.76 Å². The van der Waals surface area contributed by atoms with Crippen LogP contribution >= 0.6 is 11.3 Å². The number of aryl methyl sites for hydroxylation is 2. The van der Waals surface area contributed by atoms with Crippen LogP contribution in [-0.2, 0) is 0 Å². The molecule has 2 aromatic rings. The minimum Gasteiger partial charge on any atom is -0.464 e. The first-order chi connectivity index (χ1) is 5.77. The number of hydrogen-bond acceptors (Lipinski definition) is 2. The second-order valence-electron chi connectivity index (χ2n) is 2.88. The van der Waals surface area contributed by atoms with Gasteiger partial charge >= 0.3 is 0 Å². The number of thiophene rings is 1. The highest BCUT2D eigenvalue weighted by Gasteiger charge is 2.05. The summed E-state index contributed by atoms with van der Waals surface area (Å²) >= 11 is 1.75. The lowest BCUT2D eigenvalue weighted by Crippen LogP contribution is -1.69. The van der Waals surface area contributed by atoms with Crippen molar-refractivity contribution < 1.29 is 4.42 Å². The SMILES string of the molecule is Cc1coc(-c2ccsc2C)c1. The lowest BCUT2D eigenvalue weighted by atomic mass is 10.2. The molecule has 62 valence electrons. The zero-order valence-corrected chi connectivity index (χ0v) is 7.94. The molecule has 0 fully saturated rings. The molecular weight excluding hydrogens is 168 g/mol. The van der Waals surface area contributed by atoms with Gasteiger partial charge in [0.05, 0.1) is 6.26 Å². The van der Waals surface area contributed by atoms with Crippen molar-refractivity contribution in [3.8, 4) is 11.3 Å². The predicted octanol–water partition coefficient (Wildman–Crippen LogP) is 3.62. The number of hydrogen-bond donors (Lipinski definition) is 0. The van der Waals surface area contributed by atoms with E-state index in [1.165, 1.54) is 16.0 Å². The maximum absolute atomic E-state index is 5.40. The molecule has 2 heteroatoms. The van der Waals surface area contributed by atoms with Gasteiger partial charge in [-0.25, -0.2) is 0 Å². The molecule has 2 aromatic heterocycles. The van der Waals surface area contributed by atoms with Crippen molar-refractivity contribution in [2.24, 2.45) is 0 Å². The van der Waals surface area contributed by atoms with E-state index in [1.807, 2.05) is 6.92 Å². The summed E-state index contributed by atoms with van der Waals surface area (Å²) in [5.41, 5.74) is 2.39. The minimum atomic E-state index is 0.978. The van der Waals surface area contributed by atoms with Crippen molar-refractivity contribution in [2.45, 2.75) is 13.8 Å². The van der Waals surface area contributed by atoms with E-state index in [4.69, 9.17) is 4.42 Å². The van der Waals surface area contributed by atoms with Gasteiger partial charge in [-0.2, -0.15) is 0 Å². The lowest BCUT2D eigenvalue weighted by molar-refractivity contribution is 0.580. The second kappa shape index (κ2) is 2.79. The average Bonchev–Trinajstić information content (AvgIpc) is 2.58. The molecule has 0 N–H and O–H groups in total. The van der Waals surface area contributed by atoms with Gasteiger partial charge in [-0.05, 0) is 36.9 Å². The Morgan fingerprint density at radius 1 is 1.33 bits per heavy atom. The van der Waals surface area contributed by atoms with Gasteiger partial charge in [0.15, 0.2) is 0 Å². The topological polar surface area (TPSA) is 13.1 Å². The zero-order valence-electron chi connectivity index (χ0n) is 7.13. The maximum atomic E-state index is 5.40. The molecule has 0 amide bonds. The molecule has 0 atom stereocenters. The summed E-state index contributed by atoms with van der Waals surface area (Å²) in [7, 11) is 0. The average molecular weight is 178 g/mol. The van der Waals surface area contributed by atoms with Gasteiger partial charge in [0.1, 0.15) is 5.76 Å². The van der Waals surface area contributed by atoms with E-state index < -0.39 is 0 Å². The van der Waals surface area contributed by atoms with Crippen molar-refractivity contribution in [3.63, 3.8) is 0 Å². The van der Waals surface area contributed by atoms with Crippen LogP contribution in [0.25, 0.3) is 11.3 Å². The van der Waals surface area contributed by atoms with E-state index >= 15 is 0 Å². The van der Waals surface area contributed by atoms with Crippen molar-refractivity contribution in [3.05, 3.63) is 34.2 Å². The van der Waals surface area contributed by atoms with Crippen LogP contribution in [0.5, 0.6) is 0 Å². The summed E-state index contributed by atoms with van der Waals surface area (Å²) < 4.78 is 5.40. The van der Waals surface area contributed by atoms with Gasteiger partial charge in [0, 0.05) is 10.4 Å². The molecule has 0 saturated heterocycles. The Kier molecular flexibility index (Phi) is 1.77. The van der Waals surface area contributed by atoms with Gasteiger partial charge in [-0.3, -0.25) is 0 Å². The van der Waals surface area contributed by atoms with Gasteiger partial charge in [0.2, 0.25) is 0 Å². The largest absolute Gasteiger partial charge is 0.464 e. The Labute approximate surface area is 75.7 Å². The Bertz CT molecular complexity index is 384. The minimum absolute atomic E-state index is 0.978. The fraction of sp³-hybridized carbons (Fsp3) is 0.200. The number of furan rings is 1. The predicted molar refractivity (Wildman–Crippen MR) is 51.5 cm³/mol. The third-order valence-electron chi connectivity index (χ3n) is 1.85. The van der Waals surface area contributed by atoms with E-state index in [0.29, 0.717) is 0 Å². The molecule has 0 unspecified atom stereocenters. The first-order valence-corrected chi connectivity index (χ1v) is 4.75.